The van der Waals surface area contributed by atoms with Gasteiger partial charge in [0.2, 0.25) is 5.75 Å². The van der Waals surface area contributed by atoms with Crippen molar-refractivity contribution in [1.82, 2.24) is 15.1 Å². The number of methoxy groups -OCH3 is 2. The lowest BCUT2D eigenvalue weighted by molar-refractivity contribution is 0.0852. The van der Waals surface area contributed by atoms with Crippen molar-refractivity contribution in [3.8, 4) is 17.2 Å². The molecule has 1 amide bonds. The number of carbonyl (C=O) groups excluding carboxylic acids is 1. The second-order valence-electron chi connectivity index (χ2n) is 5.85. The van der Waals surface area contributed by atoms with Gasteiger partial charge in [0, 0.05) is 19.3 Å². The topological polar surface area (TPSA) is 83.8 Å². The fourth-order valence-electron chi connectivity index (χ4n) is 2.75. The number of hydrogen-bond donors (Lipinski definition) is 1. The molecule has 1 atom stereocenters. The van der Waals surface area contributed by atoms with Crippen LogP contribution in [-0.4, -0.2) is 49.2 Å². The van der Waals surface area contributed by atoms with Crippen LogP contribution in [0.5, 0.6) is 17.2 Å². The van der Waals surface area contributed by atoms with Crippen LogP contribution < -0.4 is 19.5 Å². The molecule has 0 aliphatic carbocycles. The van der Waals surface area contributed by atoms with Crippen molar-refractivity contribution in [3.05, 3.63) is 36.2 Å². The SMILES string of the molecule is COc1cccc(OC)c1OCn1ccc(C(=O)NCC2CCCO2)n1. The van der Waals surface area contributed by atoms with E-state index >= 15 is 0 Å². The zero-order valence-electron chi connectivity index (χ0n) is 14.9. The third-order valence-electron chi connectivity index (χ3n) is 4.11. The quantitative estimate of drug-likeness (QED) is 0.772. The molecule has 1 aromatic heterocycles. The molecule has 26 heavy (non-hydrogen) atoms. The molecule has 1 unspecified atom stereocenters. The Morgan fingerprint density at radius 2 is 2.08 bits per heavy atom. The molecule has 3 rings (SSSR count). The zero-order valence-corrected chi connectivity index (χ0v) is 14.9. The molecule has 2 heterocycles. The highest BCUT2D eigenvalue weighted by molar-refractivity contribution is 5.92. The third kappa shape index (κ3) is 4.26. The van der Waals surface area contributed by atoms with Gasteiger partial charge >= 0.3 is 0 Å². The summed E-state index contributed by atoms with van der Waals surface area (Å²) >= 11 is 0. The number of nitrogens with one attached hydrogen (secondary N) is 1. The molecular weight excluding hydrogens is 338 g/mol. The lowest BCUT2D eigenvalue weighted by Gasteiger charge is -2.14. The summed E-state index contributed by atoms with van der Waals surface area (Å²) in [6.07, 6.45) is 3.80. The van der Waals surface area contributed by atoms with Crippen LogP contribution in [0.25, 0.3) is 0 Å². The van der Waals surface area contributed by atoms with E-state index in [2.05, 4.69) is 10.4 Å². The normalized spacial score (nSPS) is 16.3. The van der Waals surface area contributed by atoms with Gasteiger partial charge in [0.1, 0.15) is 5.69 Å². The van der Waals surface area contributed by atoms with Gasteiger partial charge in [-0.2, -0.15) is 5.10 Å². The van der Waals surface area contributed by atoms with Gasteiger partial charge in [-0.25, -0.2) is 4.68 Å². The summed E-state index contributed by atoms with van der Waals surface area (Å²) in [5.74, 6) is 1.38. The molecule has 1 N–H and O–H groups in total. The van der Waals surface area contributed by atoms with Crippen molar-refractivity contribution in [2.24, 2.45) is 0 Å². The first-order chi connectivity index (χ1) is 12.7. The van der Waals surface area contributed by atoms with Crippen LogP contribution in [-0.2, 0) is 11.5 Å². The van der Waals surface area contributed by atoms with Crippen LogP contribution in [0.4, 0.5) is 0 Å². The van der Waals surface area contributed by atoms with E-state index in [4.69, 9.17) is 18.9 Å². The Morgan fingerprint density at radius 3 is 2.73 bits per heavy atom. The largest absolute Gasteiger partial charge is 0.493 e. The van der Waals surface area contributed by atoms with Gasteiger partial charge in [-0.05, 0) is 31.0 Å². The number of amides is 1. The molecule has 1 fully saturated rings. The van der Waals surface area contributed by atoms with E-state index in [0.29, 0.717) is 29.5 Å². The van der Waals surface area contributed by atoms with E-state index < -0.39 is 0 Å². The van der Waals surface area contributed by atoms with Crippen molar-refractivity contribution < 1.29 is 23.7 Å². The summed E-state index contributed by atoms with van der Waals surface area (Å²) in [6.45, 7) is 1.38. The summed E-state index contributed by atoms with van der Waals surface area (Å²) in [5, 5.41) is 7.08. The van der Waals surface area contributed by atoms with Crippen LogP contribution in [0.3, 0.4) is 0 Å². The Bertz CT molecular complexity index is 718. The van der Waals surface area contributed by atoms with Crippen molar-refractivity contribution in [2.75, 3.05) is 27.4 Å². The molecule has 0 saturated carbocycles. The maximum absolute atomic E-state index is 12.2. The predicted octanol–water partition coefficient (Wildman–Crippen LogP) is 1.85. The van der Waals surface area contributed by atoms with Gasteiger partial charge < -0.3 is 24.3 Å². The summed E-state index contributed by atoms with van der Waals surface area (Å²) in [5.41, 5.74) is 0.332. The fraction of sp³-hybridized carbons (Fsp3) is 0.444. The van der Waals surface area contributed by atoms with E-state index in [9.17, 15) is 4.79 Å². The van der Waals surface area contributed by atoms with Gasteiger partial charge in [-0.15, -0.1) is 0 Å². The van der Waals surface area contributed by atoms with Gasteiger partial charge in [0.25, 0.3) is 5.91 Å². The Kier molecular flexibility index (Phi) is 5.96. The molecule has 0 radical (unpaired) electrons. The first kappa shape index (κ1) is 18.1. The molecular formula is C18H23N3O5. The number of benzene rings is 1. The third-order valence-corrected chi connectivity index (χ3v) is 4.11. The Labute approximate surface area is 152 Å². The zero-order chi connectivity index (χ0) is 18.4. The monoisotopic (exact) mass is 361 g/mol. The maximum atomic E-state index is 12.2. The predicted molar refractivity (Wildman–Crippen MR) is 93.7 cm³/mol. The number of para-hydroxylation sites is 1. The number of nitrogens with zero attached hydrogens (tertiary/aromatic N) is 2. The van der Waals surface area contributed by atoms with Gasteiger partial charge in [-0.1, -0.05) is 6.07 Å². The summed E-state index contributed by atoms with van der Waals surface area (Å²) < 4.78 is 23.4. The van der Waals surface area contributed by atoms with Crippen molar-refractivity contribution in [3.63, 3.8) is 0 Å². The van der Waals surface area contributed by atoms with E-state index in [1.54, 1.807) is 38.6 Å². The van der Waals surface area contributed by atoms with E-state index in [0.717, 1.165) is 19.4 Å². The molecule has 8 nitrogen and oxygen atoms in total. The molecule has 0 spiro atoms. The van der Waals surface area contributed by atoms with E-state index in [1.165, 1.54) is 4.68 Å². The van der Waals surface area contributed by atoms with Gasteiger partial charge in [0.15, 0.2) is 18.2 Å². The minimum absolute atomic E-state index is 0.0994. The van der Waals surface area contributed by atoms with Gasteiger partial charge in [0.05, 0.1) is 20.3 Å². The van der Waals surface area contributed by atoms with Crippen LogP contribution in [0.15, 0.2) is 30.5 Å². The summed E-state index contributed by atoms with van der Waals surface area (Å²) in [6, 6.07) is 7.03. The minimum Gasteiger partial charge on any atom is -0.493 e. The smallest absolute Gasteiger partial charge is 0.271 e. The summed E-state index contributed by atoms with van der Waals surface area (Å²) in [7, 11) is 3.12. The van der Waals surface area contributed by atoms with Crippen LogP contribution >= 0.6 is 0 Å². The second kappa shape index (κ2) is 8.57. The van der Waals surface area contributed by atoms with Crippen LogP contribution in [0.2, 0.25) is 0 Å². The second-order valence-corrected chi connectivity index (χ2v) is 5.85. The minimum atomic E-state index is -0.228. The molecule has 1 aliphatic heterocycles. The average Bonchev–Trinajstić information content (AvgIpc) is 3.36. The highest BCUT2D eigenvalue weighted by atomic mass is 16.5. The molecule has 1 aromatic carbocycles. The molecule has 0 bridgehead atoms. The van der Waals surface area contributed by atoms with Crippen molar-refractivity contribution >= 4 is 5.91 Å². The molecule has 1 aliphatic rings. The van der Waals surface area contributed by atoms with Crippen molar-refractivity contribution in [1.29, 1.82) is 0 Å². The van der Waals surface area contributed by atoms with Crippen LogP contribution in [0, 0.1) is 0 Å². The lowest BCUT2D eigenvalue weighted by Crippen LogP contribution is -2.32. The Morgan fingerprint density at radius 1 is 1.31 bits per heavy atom. The van der Waals surface area contributed by atoms with E-state index in [-0.39, 0.29) is 18.7 Å². The first-order valence-electron chi connectivity index (χ1n) is 8.48. The summed E-state index contributed by atoms with van der Waals surface area (Å²) in [4.78, 5) is 12.2. The first-order valence-corrected chi connectivity index (χ1v) is 8.48. The van der Waals surface area contributed by atoms with Gasteiger partial charge in [-0.3, -0.25) is 4.79 Å². The highest BCUT2D eigenvalue weighted by Crippen LogP contribution is 2.36. The Hall–Kier alpha value is -2.74. The number of carbonyl (C=O) groups is 1. The lowest BCUT2D eigenvalue weighted by atomic mass is 10.2. The highest BCUT2D eigenvalue weighted by Gasteiger charge is 2.18. The fourth-order valence-corrected chi connectivity index (χ4v) is 2.75. The maximum Gasteiger partial charge on any atom is 0.271 e. The molecule has 8 heteroatoms. The molecule has 140 valence electrons. The average molecular weight is 361 g/mol. The number of ether oxygens (including phenoxy) is 4. The number of aromatic nitrogens is 2. The van der Waals surface area contributed by atoms with E-state index in [1.807, 2.05) is 6.07 Å². The number of rotatable bonds is 8. The number of hydrogen-bond acceptors (Lipinski definition) is 6. The van der Waals surface area contributed by atoms with Crippen LogP contribution in [0.1, 0.15) is 23.3 Å². The standard InChI is InChI=1S/C18H23N3O5/c1-23-15-6-3-7-16(24-2)17(15)26-12-21-9-8-14(20-21)18(22)19-11-13-5-4-10-25-13/h3,6-9,13H,4-5,10-12H2,1-2H3,(H,19,22). The molecule has 1 saturated heterocycles. The Balaban J connectivity index is 1.57. The molecule has 2 aromatic rings. The van der Waals surface area contributed by atoms with Crippen molar-refractivity contribution in [2.45, 2.75) is 25.7 Å².